The van der Waals surface area contributed by atoms with Crippen molar-refractivity contribution in [1.82, 2.24) is 0 Å². The monoisotopic (exact) mass is 512 g/mol. The summed E-state index contributed by atoms with van der Waals surface area (Å²) < 4.78 is 0. The lowest BCUT2D eigenvalue weighted by Gasteiger charge is -2.18. The van der Waals surface area contributed by atoms with Crippen LogP contribution < -0.4 is 0 Å². The summed E-state index contributed by atoms with van der Waals surface area (Å²) in [7, 11) is 0. The van der Waals surface area contributed by atoms with Gasteiger partial charge in [0.2, 0.25) is 11.6 Å². The minimum atomic E-state index is -1.99. The molecule has 3 N–H and O–H groups in total. The largest absolute Gasteiger partial charge is 0.394 e. The quantitative estimate of drug-likeness (QED) is 0.0681. The van der Waals surface area contributed by atoms with E-state index in [0.717, 1.165) is 38.5 Å². The number of hydrogen-bond donors (Lipinski definition) is 3. The fourth-order valence-electron chi connectivity index (χ4n) is 4.65. The van der Waals surface area contributed by atoms with E-state index in [1.54, 1.807) is 0 Å². The first kappa shape index (κ1) is 34.9. The highest BCUT2D eigenvalue weighted by atomic mass is 16.4. The third kappa shape index (κ3) is 17.4. The third-order valence-electron chi connectivity index (χ3n) is 7.14. The number of aliphatic hydroxyl groups excluding tert-OH is 3. The summed E-state index contributed by atoms with van der Waals surface area (Å²) in [6.45, 7) is 3.50. The molecule has 0 heterocycles. The molecule has 3 unspecified atom stereocenters. The Morgan fingerprint density at radius 2 is 0.944 bits per heavy atom. The first-order valence-electron chi connectivity index (χ1n) is 15.0. The second-order valence-electron chi connectivity index (χ2n) is 10.5. The Kier molecular flexibility index (Phi) is 23.5. The topological polar surface area (TPSA) is 112 Å². The van der Waals surface area contributed by atoms with E-state index in [1.807, 2.05) is 0 Å². The molecule has 0 amide bonds. The number of rotatable bonds is 27. The SMILES string of the molecule is CCCCCCCCCCCCCCCCCC(=O)C(CCCCCC)C(=O)C(=O)C(O)C(O)CO. The second kappa shape index (κ2) is 24.2. The molecule has 0 saturated heterocycles. The van der Waals surface area contributed by atoms with E-state index in [1.165, 1.54) is 70.6 Å². The Morgan fingerprint density at radius 1 is 0.556 bits per heavy atom. The van der Waals surface area contributed by atoms with E-state index in [2.05, 4.69) is 13.8 Å². The maximum absolute atomic E-state index is 12.8. The van der Waals surface area contributed by atoms with Crippen LogP contribution in [-0.2, 0) is 14.4 Å². The summed E-state index contributed by atoms with van der Waals surface area (Å²) in [5.74, 6) is -3.41. The first-order chi connectivity index (χ1) is 17.4. The van der Waals surface area contributed by atoms with Crippen LogP contribution in [0.4, 0.5) is 0 Å². The molecule has 36 heavy (non-hydrogen) atoms. The van der Waals surface area contributed by atoms with Crippen molar-refractivity contribution in [3.05, 3.63) is 0 Å². The summed E-state index contributed by atoms with van der Waals surface area (Å²) in [6.07, 6.45) is 18.9. The lowest BCUT2D eigenvalue weighted by molar-refractivity contribution is -0.150. The van der Waals surface area contributed by atoms with Gasteiger partial charge in [0, 0.05) is 6.42 Å². The van der Waals surface area contributed by atoms with Gasteiger partial charge in [-0.2, -0.15) is 0 Å². The Labute approximate surface area is 220 Å². The van der Waals surface area contributed by atoms with Gasteiger partial charge in [-0.3, -0.25) is 14.4 Å². The molecular formula is C30H56O6. The van der Waals surface area contributed by atoms with Gasteiger partial charge < -0.3 is 15.3 Å². The van der Waals surface area contributed by atoms with Crippen LogP contribution in [0.1, 0.15) is 149 Å². The van der Waals surface area contributed by atoms with E-state index in [-0.39, 0.29) is 12.2 Å². The molecule has 3 atom stereocenters. The summed E-state index contributed by atoms with van der Waals surface area (Å²) >= 11 is 0. The molecule has 0 rings (SSSR count). The number of hydrogen-bond acceptors (Lipinski definition) is 6. The lowest BCUT2D eigenvalue weighted by atomic mass is 9.86. The van der Waals surface area contributed by atoms with E-state index in [9.17, 15) is 24.6 Å². The zero-order valence-corrected chi connectivity index (χ0v) is 23.4. The van der Waals surface area contributed by atoms with Gasteiger partial charge >= 0.3 is 0 Å². The van der Waals surface area contributed by atoms with Gasteiger partial charge in [-0.05, 0) is 12.8 Å². The highest BCUT2D eigenvalue weighted by molar-refractivity contribution is 6.42. The molecule has 0 radical (unpaired) electrons. The molecule has 0 aliphatic heterocycles. The van der Waals surface area contributed by atoms with E-state index in [4.69, 9.17) is 5.11 Å². The Hall–Kier alpha value is -1.11. The fourth-order valence-corrected chi connectivity index (χ4v) is 4.65. The van der Waals surface area contributed by atoms with Gasteiger partial charge in [-0.15, -0.1) is 0 Å². The van der Waals surface area contributed by atoms with Crippen molar-refractivity contribution >= 4 is 17.3 Å². The third-order valence-corrected chi connectivity index (χ3v) is 7.14. The predicted octanol–water partition coefficient (Wildman–Crippen LogP) is 6.26. The van der Waals surface area contributed by atoms with Crippen molar-refractivity contribution in [2.75, 3.05) is 6.61 Å². The average molecular weight is 513 g/mol. The van der Waals surface area contributed by atoms with Crippen LogP contribution in [-0.4, -0.2) is 51.5 Å². The number of Topliss-reactive ketones (excluding diaryl/α,β-unsaturated/α-hetero) is 3. The molecule has 0 fully saturated rings. The molecule has 212 valence electrons. The molecule has 0 bridgehead atoms. The molecule has 0 saturated carbocycles. The molecule has 0 spiro atoms. The van der Waals surface area contributed by atoms with E-state index < -0.39 is 36.3 Å². The van der Waals surface area contributed by atoms with Gasteiger partial charge in [0.05, 0.1) is 12.5 Å². The number of ketones is 3. The van der Waals surface area contributed by atoms with Crippen LogP contribution >= 0.6 is 0 Å². The van der Waals surface area contributed by atoms with Crippen molar-refractivity contribution in [1.29, 1.82) is 0 Å². The minimum Gasteiger partial charge on any atom is -0.394 e. The summed E-state index contributed by atoms with van der Waals surface area (Å²) in [5, 5.41) is 28.3. The minimum absolute atomic E-state index is 0.245. The van der Waals surface area contributed by atoms with Crippen LogP contribution in [0.25, 0.3) is 0 Å². The lowest BCUT2D eigenvalue weighted by Crippen LogP contribution is -2.43. The molecule has 6 nitrogen and oxygen atoms in total. The maximum atomic E-state index is 12.8. The number of carbonyl (C=O) groups is 3. The Morgan fingerprint density at radius 3 is 1.36 bits per heavy atom. The van der Waals surface area contributed by atoms with Gasteiger partial charge in [0.25, 0.3) is 0 Å². The van der Waals surface area contributed by atoms with E-state index >= 15 is 0 Å². The van der Waals surface area contributed by atoms with Crippen LogP contribution in [0.5, 0.6) is 0 Å². The second-order valence-corrected chi connectivity index (χ2v) is 10.5. The number of carbonyl (C=O) groups excluding carboxylic acids is 3. The first-order valence-corrected chi connectivity index (χ1v) is 15.0. The summed E-state index contributed by atoms with van der Waals surface area (Å²) in [5.41, 5.74) is 0. The van der Waals surface area contributed by atoms with Crippen molar-refractivity contribution < 1.29 is 29.7 Å². The molecule has 6 heteroatoms. The standard InChI is InChI=1S/C30H56O6/c1-3-5-7-9-10-11-12-13-14-15-16-17-18-19-21-23-26(32)25(22-20-8-6-4-2)28(34)30(36)29(35)27(33)24-31/h25,27,29,31,33,35H,3-24H2,1-2H3. The normalized spacial score (nSPS) is 13.9. The zero-order chi connectivity index (χ0) is 27.0. The van der Waals surface area contributed by atoms with Crippen LogP contribution in [0.2, 0.25) is 0 Å². The van der Waals surface area contributed by atoms with Gasteiger partial charge in [0.15, 0.2) is 0 Å². The Bertz CT molecular complexity index is 562. The molecule has 0 aliphatic carbocycles. The van der Waals surface area contributed by atoms with Crippen LogP contribution in [0.15, 0.2) is 0 Å². The number of unbranched alkanes of at least 4 members (excludes halogenated alkanes) is 17. The molecular weight excluding hydrogens is 456 g/mol. The van der Waals surface area contributed by atoms with Crippen molar-refractivity contribution in [3.8, 4) is 0 Å². The molecule has 0 aromatic carbocycles. The average Bonchev–Trinajstić information content (AvgIpc) is 2.89. The fraction of sp³-hybridized carbons (Fsp3) is 0.900. The summed E-state index contributed by atoms with van der Waals surface area (Å²) in [4.78, 5) is 37.7. The zero-order valence-electron chi connectivity index (χ0n) is 23.4. The van der Waals surface area contributed by atoms with Gasteiger partial charge in [-0.25, -0.2) is 0 Å². The highest BCUT2D eigenvalue weighted by Gasteiger charge is 2.36. The highest BCUT2D eigenvalue weighted by Crippen LogP contribution is 2.19. The van der Waals surface area contributed by atoms with E-state index in [0.29, 0.717) is 19.3 Å². The predicted molar refractivity (Wildman–Crippen MR) is 146 cm³/mol. The smallest absolute Gasteiger partial charge is 0.230 e. The van der Waals surface area contributed by atoms with Gasteiger partial charge in [-0.1, -0.05) is 129 Å². The van der Waals surface area contributed by atoms with Crippen molar-refractivity contribution in [2.24, 2.45) is 5.92 Å². The molecule has 0 aliphatic rings. The van der Waals surface area contributed by atoms with Crippen molar-refractivity contribution in [2.45, 2.75) is 161 Å². The summed E-state index contributed by atoms with van der Waals surface area (Å²) in [6, 6.07) is 0. The van der Waals surface area contributed by atoms with Crippen LogP contribution in [0.3, 0.4) is 0 Å². The van der Waals surface area contributed by atoms with Crippen LogP contribution in [0, 0.1) is 5.92 Å². The maximum Gasteiger partial charge on any atom is 0.230 e. The number of aliphatic hydroxyl groups is 3. The van der Waals surface area contributed by atoms with Gasteiger partial charge in [0.1, 0.15) is 18.0 Å². The molecule has 0 aromatic heterocycles. The van der Waals surface area contributed by atoms with Crippen molar-refractivity contribution in [3.63, 3.8) is 0 Å². The molecule has 0 aromatic rings. The Balaban J connectivity index is 4.16.